The maximum Gasteiger partial charge on any atom is 0.0465 e. The molecule has 3 saturated carbocycles. The Morgan fingerprint density at radius 1 is 0.935 bits per heavy atom. The number of anilines is 1. The minimum Gasteiger partial charge on any atom is -0.385 e. The maximum atomic E-state index is 5.46. The fourth-order valence-corrected chi connectivity index (χ4v) is 8.31. The van der Waals surface area contributed by atoms with E-state index in [2.05, 4.69) is 50.2 Å². The van der Waals surface area contributed by atoms with Crippen LogP contribution in [0.3, 0.4) is 0 Å². The Morgan fingerprint density at radius 2 is 1.74 bits per heavy atom. The first-order chi connectivity index (χ1) is 15.0. The fourth-order valence-electron chi connectivity index (χ4n) is 8.31. The predicted octanol–water partition coefficient (Wildman–Crippen LogP) is 7.21. The molecule has 1 aromatic carbocycles. The van der Waals surface area contributed by atoms with Gasteiger partial charge in [0.05, 0.1) is 0 Å². The van der Waals surface area contributed by atoms with Gasteiger partial charge in [-0.25, -0.2) is 0 Å². The van der Waals surface area contributed by atoms with Gasteiger partial charge in [-0.15, -0.1) is 0 Å². The van der Waals surface area contributed by atoms with Gasteiger partial charge in [-0.3, -0.25) is 0 Å². The molecule has 0 aromatic heterocycles. The summed E-state index contributed by atoms with van der Waals surface area (Å²) in [7, 11) is 6.13. The SMILES string of the molecule is COCC[C@H]1CC[C@H]2[C@@H]3CCC4CC(c5ccc(N(C)C)cc5)CCC4=C3CC[C@]12C. The van der Waals surface area contributed by atoms with Crippen molar-refractivity contribution in [2.75, 3.05) is 32.7 Å². The Bertz CT molecular complexity index is 809. The molecular weight excluding hydrogens is 378 g/mol. The molecule has 0 N–H and O–H groups in total. The molecule has 170 valence electrons. The summed E-state index contributed by atoms with van der Waals surface area (Å²) in [6, 6.07) is 9.41. The summed E-state index contributed by atoms with van der Waals surface area (Å²) in [5, 5.41) is 0. The third kappa shape index (κ3) is 3.77. The lowest BCUT2D eigenvalue weighted by molar-refractivity contribution is 0.0511. The van der Waals surface area contributed by atoms with Crippen LogP contribution in [0.5, 0.6) is 0 Å². The third-order valence-corrected chi connectivity index (χ3v) is 10.1. The Morgan fingerprint density at radius 3 is 2.48 bits per heavy atom. The second-order valence-electron chi connectivity index (χ2n) is 11.6. The van der Waals surface area contributed by atoms with E-state index in [1.165, 1.54) is 69.9 Å². The number of fused-ring (bicyclic) bond motifs is 4. The van der Waals surface area contributed by atoms with Crippen LogP contribution in [0.4, 0.5) is 5.69 Å². The largest absolute Gasteiger partial charge is 0.385 e. The first-order valence-electron chi connectivity index (χ1n) is 13.0. The Balaban J connectivity index is 1.31. The number of benzene rings is 1. The molecule has 0 spiro atoms. The monoisotopic (exact) mass is 421 g/mol. The minimum absolute atomic E-state index is 0.575. The van der Waals surface area contributed by atoms with Crippen LogP contribution in [0.15, 0.2) is 35.4 Å². The molecule has 2 unspecified atom stereocenters. The van der Waals surface area contributed by atoms with Gasteiger partial charge in [0.1, 0.15) is 0 Å². The van der Waals surface area contributed by atoms with Gasteiger partial charge in [-0.1, -0.05) is 30.2 Å². The second-order valence-corrected chi connectivity index (χ2v) is 11.6. The molecule has 2 nitrogen and oxygen atoms in total. The van der Waals surface area contributed by atoms with E-state index in [1.54, 1.807) is 5.56 Å². The molecule has 31 heavy (non-hydrogen) atoms. The van der Waals surface area contributed by atoms with Crippen LogP contribution < -0.4 is 4.90 Å². The highest BCUT2D eigenvalue weighted by Gasteiger charge is 2.53. The summed E-state index contributed by atoms with van der Waals surface area (Å²) in [5.41, 5.74) is 7.34. The van der Waals surface area contributed by atoms with Crippen LogP contribution >= 0.6 is 0 Å². The molecule has 6 atom stereocenters. The molecule has 0 amide bonds. The van der Waals surface area contributed by atoms with Crippen molar-refractivity contribution in [1.82, 2.24) is 0 Å². The lowest BCUT2D eigenvalue weighted by Crippen LogP contribution is -2.41. The quantitative estimate of drug-likeness (QED) is 0.466. The molecule has 0 radical (unpaired) electrons. The van der Waals surface area contributed by atoms with Crippen molar-refractivity contribution in [2.24, 2.45) is 29.1 Å². The standard InChI is InChI=1S/C29H43NO/c1-29-17-15-26-25-12-7-21(20-5-10-24(11-6-20)30(2)3)19-22(25)8-13-27(26)28(29)14-9-23(29)16-18-31-4/h5-6,10-11,21-23,27-28H,7-9,12-19H2,1-4H3/t21?,22?,23-,27-,28+,29-/m1/s1. The summed E-state index contributed by atoms with van der Waals surface area (Å²) in [5.74, 6) is 4.38. The zero-order chi connectivity index (χ0) is 21.6. The highest BCUT2D eigenvalue weighted by atomic mass is 16.5. The molecule has 2 heteroatoms. The summed E-state index contributed by atoms with van der Waals surface area (Å²) >= 11 is 0. The average molecular weight is 422 g/mol. The van der Waals surface area contributed by atoms with Crippen LogP contribution in [0.25, 0.3) is 0 Å². The van der Waals surface area contributed by atoms with Crippen molar-refractivity contribution in [1.29, 1.82) is 0 Å². The molecule has 5 rings (SSSR count). The van der Waals surface area contributed by atoms with E-state index in [1.807, 2.05) is 18.3 Å². The maximum absolute atomic E-state index is 5.46. The van der Waals surface area contributed by atoms with Gasteiger partial charge in [0.25, 0.3) is 0 Å². The number of hydrogen-bond donors (Lipinski definition) is 0. The minimum atomic E-state index is 0.575. The Kier molecular flexibility index (Phi) is 5.97. The summed E-state index contributed by atoms with van der Waals surface area (Å²) in [6.45, 7) is 3.59. The van der Waals surface area contributed by atoms with Gasteiger partial charge >= 0.3 is 0 Å². The van der Waals surface area contributed by atoms with Gasteiger partial charge in [-0.05, 0) is 117 Å². The fraction of sp³-hybridized carbons (Fsp3) is 0.724. The van der Waals surface area contributed by atoms with Gasteiger partial charge in [0.2, 0.25) is 0 Å². The van der Waals surface area contributed by atoms with Gasteiger partial charge in [0, 0.05) is 33.5 Å². The van der Waals surface area contributed by atoms with Crippen LogP contribution in [0.1, 0.15) is 82.6 Å². The van der Waals surface area contributed by atoms with Gasteiger partial charge < -0.3 is 9.64 Å². The Labute approximate surface area is 190 Å². The molecule has 3 fully saturated rings. The van der Waals surface area contributed by atoms with E-state index in [4.69, 9.17) is 4.74 Å². The molecule has 4 aliphatic carbocycles. The van der Waals surface area contributed by atoms with Gasteiger partial charge in [-0.2, -0.15) is 0 Å². The van der Waals surface area contributed by atoms with Crippen LogP contribution in [0.2, 0.25) is 0 Å². The number of nitrogens with zero attached hydrogens (tertiary/aromatic N) is 1. The highest BCUT2D eigenvalue weighted by Crippen LogP contribution is 2.63. The second kappa shape index (κ2) is 8.58. The van der Waals surface area contributed by atoms with Crippen LogP contribution in [0, 0.1) is 29.1 Å². The molecule has 0 aliphatic heterocycles. The van der Waals surface area contributed by atoms with Crippen molar-refractivity contribution < 1.29 is 4.74 Å². The van der Waals surface area contributed by atoms with E-state index < -0.39 is 0 Å². The number of rotatable bonds is 5. The van der Waals surface area contributed by atoms with Crippen LogP contribution in [-0.2, 0) is 4.74 Å². The lowest BCUT2D eigenvalue weighted by atomic mass is 9.54. The topological polar surface area (TPSA) is 12.5 Å². The first-order valence-corrected chi connectivity index (χ1v) is 13.0. The number of allylic oxidation sites excluding steroid dienone is 2. The molecule has 0 saturated heterocycles. The molecular formula is C29H43NO. The van der Waals surface area contributed by atoms with E-state index in [9.17, 15) is 0 Å². The van der Waals surface area contributed by atoms with E-state index in [0.29, 0.717) is 5.41 Å². The van der Waals surface area contributed by atoms with E-state index >= 15 is 0 Å². The van der Waals surface area contributed by atoms with E-state index in [0.717, 1.165) is 36.2 Å². The van der Waals surface area contributed by atoms with Crippen molar-refractivity contribution in [3.63, 3.8) is 0 Å². The Hall–Kier alpha value is -1.28. The van der Waals surface area contributed by atoms with Gasteiger partial charge in [0.15, 0.2) is 0 Å². The predicted molar refractivity (Wildman–Crippen MR) is 131 cm³/mol. The first kappa shape index (κ1) is 21.6. The summed E-state index contributed by atoms with van der Waals surface area (Å²) < 4.78 is 5.46. The smallest absolute Gasteiger partial charge is 0.0465 e. The van der Waals surface area contributed by atoms with Crippen molar-refractivity contribution >= 4 is 5.69 Å². The third-order valence-electron chi connectivity index (χ3n) is 10.1. The average Bonchev–Trinajstić information content (AvgIpc) is 3.13. The van der Waals surface area contributed by atoms with Crippen molar-refractivity contribution in [2.45, 2.75) is 77.0 Å². The summed E-state index contributed by atoms with van der Waals surface area (Å²) in [4.78, 5) is 2.20. The summed E-state index contributed by atoms with van der Waals surface area (Å²) in [6.07, 6.45) is 14.1. The number of ether oxygens (including phenoxy) is 1. The number of methoxy groups -OCH3 is 1. The van der Waals surface area contributed by atoms with Crippen LogP contribution in [-0.4, -0.2) is 27.8 Å². The van der Waals surface area contributed by atoms with Crippen molar-refractivity contribution in [3.05, 3.63) is 41.0 Å². The number of hydrogen-bond acceptors (Lipinski definition) is 2. The molecule has 1 aromatic rings. The molecule has 4 aliphatic rings. The zero-order valence-corrected chi connectivity index (χ0v) is 20.3. The lowest BCUT2D eigenvalue weighted by Gasteiger charge is -2.51. The zero-order valence-electron chi connectivity index (χ0n) is 20.3. The molecule has 0 heterocycles. The highest BCUT2D eigenvalue weighted by molar-refractivity contribution is 5.47. The normalized spacial score (nSPS) is 37.2. The van der Waals surface area contributed by atoms with Crippen molar-refractivity contribution in [3.8, 4) is 0 Å². The molecule has 0 bridgehead atoms. The van der Waals surface area contributed by atoms with E-state index in [-0.39, 0.29) is 0 Å².